The Hall–Kier alpha value is -3.48. The molecule has 0 spiro atoms. The summed E-state index contributed by atoms with van der Waals surface area (Å²) < 4.78 is 5.65. The van der Waals surface area contributed by atoms with Crippen LogP contribution in [0.25, 0.3) is 16.1 Å². The molecule has 3 aromatic rings. The number of piperidine rings is 1. The van der Waals surface area contributed by atoms with Gasteiger partial charge < -0.3 is 25.1 Å². The van der Waals surface area contributed by atoms with Crippen molar-refractivity contribution in [1.29, 1.82) is 0 Å². The summed E-state index contributed by atoms with van der Waals surface area (Å²) in [5.41, 5.74) is 2.95. The molecule has 0 bridgehead atoms. The molecule has 4 rings (SSSR count). The first kappa shape index (κ1) is 20.8. The number of hydrogen-bond donors (Lipinski definition) is 3. The molecule has 0 atom stereocenters. The Kier molecular flexibility index (Phi) is 6.40. The Morgan fingerprint density at radius 1 is 1.19 bits per heavy atom. The van der Waals surface area contributed by atoms with Gasteiger partial charge in [0.15, 0.2) is 17.8 Å². The number of nitrogens with zero attached hydrogens (tertiary/aromatic N) is 5. The molecule has 0 radical (unpaired) electrons. The average Bonchev–Trinajstić information content (AvgIpc) is 3.27. The molecule has 1 aliphatic heterocycles. The molecule has 1 fully saturated rings. The van der Waals surface area contributed by atoms with Gasteiger partial charge in [-0.2, -0.15) is 5.10 Å². The van der Waals surface area contributed by atoms with E-state index in [9.17, 15) is 0 Å². The molecule has 1 aliphatic rings. The SMILES string of the molecule is [C-]#[N+]c1cnc(Nc2cc(-c3ccc(CNC4CCN(C)CC4)cc3OC)[nH]n2)cn1. The first-order valence-corrected chi connectivity index (χ1v) is 10.3. The Balaban J connectivity index is 1.42. The van der Waals surface area contributed by atoms with Crippen LogP contribution in [0.15, 0.2) is 36.7 Å². The number of likely N-dealkylation sites (tertiary alicyclic amines) is 1. The molecule has 3 N–H and O–H groups in total. The molecule has 1 aromatic carbocycles. The Bertz CT molecular complexity index is 1050. The third kappa shape index (κ3) is 5.17. The lowest BCUT2D eigenvalue weighted by Gasteiger charge is -2.29. The Morgan fingerprint density at radius 3 is 2.74 bits per heavy atom. The molecule has 31 heavy (non-hydrogen) atoms. The molecule has 9 nitrogen and oxygen atoms in total. The van der Waals surface area contributed by atoms with Crippen molar-refractivity contribution in [2.45, 2.75) is 25.4 Å². The predicted octanol–water partition coefficient (Wildman–Crippen LogP) is 3.35. The molecular formula is C22H26N8O. The summed E-state index contributed by atoms with van der Waals surface area (Å²) in [6.45, 7) is 10.0. The fourth-order valence-electron chi connectivity index (χ4n) is 3.64. The topological polar surface area (TPSA) is 95.3 Å². The van der Waals surface area contributed by atoms with Gasteiger partial charge in [-0.25, -0.2) is 4.98 Å². The van der Waals surface area contributed by atoms with E-state index in [2.05, 4.69) is 59.7 Å². The van der Waals surface area contributed by atoms with Gasteiger partial charge in [0, 0.05) is 24.2 Å². The second kappa shape index (κ2) is 9.55. The van der Waals surface area contributed by atoms with Crippen LogP contribution in [-0.4, -0.2) is 58.4 Å². The maximum atomic E-state index is 6.94. The van der Waals surface area contributed by atoms with Crippen LogP contribution in [0.1, 0.15) is 18.4 Å². The molecule has 1 saturated heterocycles. The number of ether oxygens (including phenoxy) is 1. The van der Waals surface area contributed by atoms with E-state index in [0.717, 1.165) is 36.6 Å². The lowest BCUT2D eigenvalue weighted by molar-refractivity contribution is 0.234. The molecule has 2 aromatic heterocycles. The fraction of sp³-hybridized carbons (Fsp3) is 0.364. The van der Waals surface area contributed by atoms with Crippen molar-refractivity contribution in [1.82, 2.24) is 30.4 Å². The van der Waals surface area contributed by atoms with Crippen molar-refractivity contribution in [3.63, 3.8) is 0 Å². The highest BCUT2D eigenvalue weighted by Gasteiger charge is 2.16. The van der Waals surface area contributed by atoms with Crippen molar-refractivity contribution in [3.8, 4) is 17.0 Å². The Labute approximate surface area is 181 Å². The summed E-state index contributed by atoms with van der Waals surface area (Å²) in [7, 11) is 3.85. The van der Waals surface area contributed by atoms with E-state index in [1.54, 1.807) is 7.11 Å². The average molecular weight is 419 g/mol. The normalized spacial score (nSPS) is 14.9. The highest BCUT2D eigenvalue weighted by atomic mass is 16.5. The van der Waals surface area contributed by atoms with E-state index in [0.29, 0.717) is 17.7 Å². The summed E-state index contributed by atoms with van der Waals surface area (Å²) in [6, 6.07) is 8.68. The minimum Gasteiger partial charge on any atom is -0.496 e. The molecule has 0 unspecified atom stereocenters. The van der Waals surface area contributed by atoms with Gasteiger partial charge in [0.25, 0.3) is 5.82 Å². The van der Waals surface area contributed by atoms with Gasteiger partial charge in [0.1, 0.15) is 5.75 Å². The first-order valence-electron chi connectivity index (χ1n) is 10.3. The second-order valence-corrected chi connectivity index (χ2v) is 7.66. The molecule has 9 heteroatoms. The zero-order valence-electron chi connectivity index (χ0n) is 17.7. The van der Waals surface area contributed by atoms with Crippen LogP contribution in [0.5, 0.6) is 5.75 Å². The number of benzene rings is 1. The maximum Gasteiger partial charge on any atom is 0.288 e. The molecule has 3 heterocycles. The van der Waals surface area contributed by atoms with Crippen molar-refractivity contribution >= 4 is 17.5 Å². The minimum atomic E-state index is 0.253. The van der Waals surface area contributed by atoms with Gasteiger partial charge >= 0.3 is 0 Å². The largest absolute Gasteiger partial charge is 0.496 e. The van der Waals surface area contributed by atoms with Crippen molar-refractivity contribution in [2.75, 3.05) is 32.6 Å². The van der Waals surface area contributed by atoms with Gasteiger partial charge in [-0.1, -0.05) is 12.6 Å². The van der Waals surface area contributed by atoms with Gasteiger partial charge in [-0.15, -0.1) is 4.98 Å². The zero-order chi connectivity index (χ0) is 21.6. The fourth-order valence-corrected chi connectivity index (χ4v) is 3.64. The number of rotatable bonds is 7. The highest BCUT2D eigenvalue weighted by Crippen LogP contribution is 2.31. The number of methoxy groups -OCH3 is 1. The lowest BCUT2D eigenvalue weighted by Crippen LogP contribution is -2.40. The van der Waals surface area contributed by atoms with E-state index < -0.39 is 0 Å². The molecular weight excluding hydrogens is 392 g/mol. The van der Waals surface area contributed by atoms with Crippen LogP contribution >= 0.6 is 0 Å². The van der Waals surface area contributed by atoms with Gasteiger partial charge in [0.2, 0.25) is 0 Å². The quantitative estimate of drug-likeness (QED) is 0.507. The standard InChI is InChI=1S/C22H26N8O/c1-23-21-13-26-22(14-25-21)27-20-11-18(28-29-20)17-5-4-15(10-19(17)31-3)12-24-16-6-8-30(2)9-7-16/h4-5,10-11,13-14,16,24H,6-9,12H2,2-3H3,(H2,26,27,28,29). The summed E-state index contributed by atoms with van der Waals surface area (Å²) >= 11 is 0. The zero-order valence-corrected chi connectivity index (χ0v) is 17.7. The van der Waals surface area contributed by atoms with Crippen LogP contribution in [0.4, 0.5) is 17.5 Å². The Morgan fingerprint density at radius 2 is 2.03 bits per heavy atom. The van der Waals surface area contributed by atoms with Gasteiger partial charge in [-0.05, 0) is 50.7 Å². The molecule has 0 saturated carbocycles. The summed E-state index contributed by atoms with van der Waals surface area (Å²) in [6.07, 6.45) is 5.29. The number of aromatic amines is 1. The van der Waals surface area contributed by atoms with Crippen LogP contribution in [0.2, 0.25) is 0 Å². The van der Waals surface area contributed by atoms with Crippen molar-refractivity contribution in [3.05, 3.63) is 53.6 Å². The molecule has 0 amide bonds. The van der Waals surface area contributed by atoms with Crippen LogP contribution in [0, 0.1) is 6.57 Å². The van der Waals surface area contributed by atoms with Gasteiger partial charge in [0.05, 0.1) is 19.0 Å². The molecule has 0 aliphatic carbocycles. The monoisotopic (exact) mass is 418 g/mol. The third-order valence-electron chi connectivity index (χ3n) is 5.46. The van der Waals surface area contributed by atoms with E-state index in [4.69, 9.17) is 11.3 Å². The van der Waals surface area contributed by atoms with E-state index in [-0.39, 0.29) is 5.82 Å². The highest BCUT2D eigenvalue weighted by molar-refractivity contribution is 5.71. The maximum absolute atomic E-state index is 6.94. The molecule has 160 valence electrons. The number of H-pyrrole nitrogens is 1. The van der Waals surface area contributed by atoms with Crippen LogP contribution < -0.4 is 15.4 Å². The predicted molar refractivity (Wildman–Crippen MR) is 120 cm³/mol. The number of aromatic nitrogens is 4. The summed E-state index contributed by atoms with van der Waals surface area (Å²) in [4.78, 5) is 13.8. The number of anilines is 2. The number of hydrogen-bond acceptors (Lipinski definition) is 7. The van der Waals surface area contributed by atoms with E-state index in [1.165, 1.54) is 30.8 Å². The van der Waals surface area contributed by atoms with Gasteiger partial charge in [-0.3, -0.25) is 5.10 Å². The lowest BCUT2D eigenvalue weighted by atomic mass is 10.0. The minimum absolute atomic E-state index is 0.253. The van der Waals surface area contributed by atoms with Crippen molar-refractivity contribution in [2.24, 2.45) is 0 Å². The smallest absolute Gasteiger partial charge is 0.288 e. The summed E-state index contributed by atoms with van der Waals surface area (Å²) in [5.74, 6) is 2.17. The number of nitrogens with one attached hydrogen (secondary N) is 3. The summed E-state index contributed by atoms with van der Waals surface area (Å²) in [5, 5.41) is 14.1. The van der Waals surface area contributed by atoms with Crippen LogP contribution in [-0.2, 0) is 6.54 Å². The second-order valence-electron chi connectivity index (χ2n) is 7.66. The van der Waals surface area contributed by atoms with E-state index >= 15 is 0 Å². The third-order valence-corrected chi connectivity index (χ3v) is 5.46. The first-order chi connectivity index (χ1) is 15.1. The van der Waals surface area contributed by atoms with Crippen molar-refractivity contribution < 1.29 is 4.74 Å². The van der Waals surface area contributed by atoms with Crippen LogP contribution in [0.3, 0.4) is 0 Å². The van der Waals surface area contributed by atoms with E-state index in [1.807, 2.05) is 12.1 Å².